The molecule has 140 valence electrons. The Morgan fingerprint density at radius 3 is 2.79 bits per heavy atom. The highest BCUT2D eigenvalue weighted by molar-refractivity contribution is 7.07. The van der Waals surface area contributed by atoms with Gasteiger partial charge in [-0.05, 0) is 30.3 Å². The van der Waals surface area contributed by atoms with Gasteiger partial charge in [0.2, 0.25) is 0 Å². The number of Topliss-reactive ketones (excluding diaryl/α,β-unsaturated/α-hetero) is 1. The number of imidazole rings is 1. The van der Waals surface area contributed by atoms with Gasteiger partial charge in [0, 0.05) is 27.9 Å². The third-order valence-electron chi connectivity index (χ3n) is 4.19. The van der Waals surface area contributed by atoms with Crippen molar-refractivity contribution < 1.29 is 9.53 Å². The number of rotatable bonds is 6. The summed E-state index contributed by atoms with van der Waals surface area (Å²) >= 11 is 7.51. The van der Waals surface area contributed by atoms with Crippen molar-refractivity contribution >= 4 is 28.7 Å². The van der Waals surface area contributed by atoms with E-state index >= 15 is 0 Å². The summed E-state index contributed by atoms with van der Waals surface area (Å²) in [5.74, 6) is 1.29. The van der Waals surface area contributed by atoms with Gasteiger partial charge in [-0.15, -0.1) is 11.3 Å². The van der Waals surface area contributed by atoms with E-state index in [0.717, 1.165) is 16.8 Å². The Hall–Kier alpha value is -3.03. The first-order valence-electron chi connectivity index (χ1n) is 8.39. The number of thiazole rings is 1. The predicted octanol–water partition coefficient (Wildman–Crippen LogP) is 4.68. The van der Waals surface area contributed by atoms with Crippen LogP contribution < -0.4 is 4.74 Å². The molecule has 0 spiro atoms. The molecule has 0 fully saturated rings. The Morgan fingerprint density at radius 2 is 2.07 bits per heavy atom. The molecule has 1 N–H and O–H groups in total. The number of H-pyrrole nitrogens is 1. The van der Waals surface area contributed by atoms with Crippen LogP contribution in [0.3, 0.4) is 0 Å². The number of carbonyl (C=O) groups excluding carboxylic acids is 1. The maximum absolute atomic E-state index is 12.1. The van der Waals surface area contributed by atoms with Crippen molar-refractivity contribution in [2.75, 3.05) is 7.11 Å². The number of halogens is 1. The first kappa shape index (κ1) is 18.3. The van der Waals surface area contributed by atoms with Crippen LogP contribution in [0.1, 0.15) is 16.2 Å². The standard InChI is InChI=1S/C20H15ClN4O2S/c1-27-19-5-3-13(21)6-15(19)20-23-9-16(25-20)12-2-4-14(22-8-12)7-18(26)17-10-28-11-24-17/h2-6,8-11H,7H2,1H3,(H,23,25). The van der Waals surface area contributed by atoms with Crippen LogP contribution in [0.25, 0.3) is 22.6 Å². The fraction of sp³-hybridized carbons (Fsp3) is 0.100. The summed E-state index contributed by atoms with van der Waals surface area (Å²) in [6.07, 6.45) is 3.67. The molecule has 0 saturated carbocycles. The van der Waals surface area contributed by atoms with E-state index in [0.29, 0.717) is 28.0 Å². The van der Waals surface area contributed by atoms with Gasteiger partial charge in [0.05, 0.1) is 36.5 Å². The van der Waals surface area contributed by atoms with Crippen molar-refractivity contribution in [2.24, 2.45) is 0 Å². The van der Waals surface area contributed by atoms with Gasteiger partial charge >= 0.3 is 0 Å². The van der Waals surface area contributed by atoms with E-state index in [1.165, 1.54) is 11.3 Å². The maximum Gasteiger partial charge on any atom is 0.187 e. The molecule has 0 atom stereocenters. The van der Waals surface area contributed by atoms with Crippen LogP contribution in [0, 0.1) is 0 Å². The summed E-state index contributed by atoms with van der Waals surface area (Å²) in [5, 5.41) is 2.34. The summed E-state index contributed by atoms with van der Waals surface area (Å²) in [7, 11) is 1.60. The van der Waals surface area contributed by atoms with Crippen molar-refractivity contribution in [2.45, 2.75) is 6.42 Å². The highest BCUT2D eigenvalue weighted by atomic mass is 35.5. The maximum atomic E-state index is 12.1. The second-order valence-electron chi connectivity index (χ2n) is 6.00. The van der Waals surface area contributed by atoms with E-state index in [1.807, 2.05) is 12.1 Å². The lowest BCUT2D eigenvalue weighted by atomic mass is 10.1. The molecule has 0 unspecified atom stereocenters. The summed E-state index contributed by atoms with van der Waals surface area (Å²) in [5.41, 5.74) is 5.27. The van der Waals surface area contributed by atoms with E-state index < -0.39 is 0 Å². The lowest BCUT2D eigenvalue weighted by Gasteiger charge is -2.06. The summed E-state index contributed by atoms with van der Waals surface area (Å²) < 4.78 is 5.39. The Labute approximate surface area is 170 Å². The minimum Gasteiger partial charge on any atom is -0.496 e. The van der Waals surface area contributed by atoms with Crippen molar-refractivity contribution in [3.63, 3.8) is 0 Å². The molecule has 0 aliphatic rings. The van der Waals surface area contributed by atoms with Crippen LogP contribution in [0.5, 0.6) is 5.75 Å². The molecule has 3 aromatic heterocycles. The molecule has 4 aromatic rings. The number of nitrogens with one attached hydrogen (secondary N) is 1. The van der Waals surface area contributed by atoms with Crippen LogP contribution in [-0.4, -0.2) is 32.8 Å². The zero-order valence-electron chi connectivity index (χ0n) is 14.8. The van der Waals surface area contributed by atoms with Gasteiger partial charge in [0.15, 0.2) is 5.78 Å². The number of hydrogen-bond donors (Lipinski definition) is 1. The van der Waals surface area contributed by atoms with Gasteiger partial charge in [-0.1, -0.05) is 11.6 Å². The second kappa shape index (κ2) is 7.92. The van der Waals surface area contributed by atoms with Crippen LogP contribution in [-0.2, 0) is 6.42 Å². The largest absolute Gasteiger partial charge is 0.496 e. The van der Waals surface area contributed by atoms with E-state index in [1.54, 1.807) is 48.6 Å². The van der Waals surface area contributed by atoms with E-state index in [-0.39, 0.29) is 12.2 Å². The highest BCUT2D eigenvalue weighted by Gasteiger charge is 2.13. The lowest BCUT2D eigenvalue weighted by molar-refractivity contribution is 0.0988. The Balaban J connectivity index is 1.54. The zero-order chi connectivity index (χ0) is 19.5. The third kappa shape index (κ3) is 3.81. The molecular weight excluding hydrogens is 396 g/mol. The molecule has 3 heterocycles. The quantitative estimate of drug-likeness (QED) is 0.466. The monoisotopic (exact) mass is 410 g/mol. The smallest absolute Gasteiger partial charge is 0.187 e. The number of hydrogen-bond acceptors (Lipinski definition) is 6. The Morgan fingerprint density at radius 1 is 1.18 bits per heavy atom. The minimum absolute atomic E-state index is 0.0432. The average molecular weight is 411 g/mol. The molecule has 4 rings (SSSR count). The summed E-state index contributed by atoms with van der Waals surface area (Å²) in [6.45, 7) is 0. The van der Waals surface area contributed by atoms with Crippen LogP contribution in [0.15, 0.2) is 53.6 Å². The predicted molar refractivity (Wildman–Crippen MR) is 109 cm³/mol. The van der Waals surface area contributed by atoms with Gasteiger partial charge in [-0.2, -0.15) is 0 Å². The van der Waals surface area contributed by atoms with Gasteiger partial charge in [-0.3, -0.25) is 9.78 Å². The second-order valence-corrected chi connectivity index (χ2v) is 7.16. The number of nitrogens with zero attached hydrogens (tertiary/aromatic N) is 3. The van der Waals surface area contributed by atoms with Crippen LogP contribution in [0.2, 0.25) is 5.02 Å². The molecule has 0 radical (unpaired) electrons. The lowest BCUT2D eigenvalue weighted by Crippen LogP contribution is -2.05. The molecule has 0 saturated heterocycles. The molecule has 0 amide bonds. The Kier molecular flexibility index (Phi) is 5.18. The number of aromatic amines is 1. The fourth-order valence-corrected chi connectivity index (χ4v) is 3.49. The summed E-state index contributed by atoms with van der Waals surface area (Å²) in [4.78, 5) is 28.3. The molecule has 28 heavy (non-hydrogen) atoms. The van der Waals surface area contributed by atoms with Gasteiger partial charge in [0.1, 0.15) is 17.3 Å². The topological polar surface area (TPSA) is 80.8 Å². The molecule has 1 aromatic carbocycles. The normalized spacial score (nSPS) is 10.8. The zero-order valence-corrected chi connectivity index (χ0v) is 16.4. The average Bonchev–Trinajstić information content (AvgIpc) is 3.41. The van der Waals surface area contributed by atoms with Crippen molar-refractivity contribution in [3.8, 4) is 28.4 Å². The molecule has 0 aliphatic carbocycles. The van der Waals surface area contributed by atoms with Crippen LogP contribution >= 0.6 is 22.9 Å². The van der Waals surface area contributed by atoms with Gasteiger partial charge < -0.3 is 9.72 Å². The van der Waals surface area contributed by atoms with Gasteiger partial charge in [0.25, 0.3) is 0 Å². The minimum atomic E-state index is -0.0432. The first-order chi connectivity index (χ1) is 13.6. The fourth-order valence-electron chi connectivity index (χ4n) is 2.76. The molecule has 8 heteroatoms. The number of ether oxygens (including phenoxy) is 1. The van der Waals surface area contributed by atoms with Crippen molar-refractivity contribution in [1.82, 2.24) is 19.9 Å². The number of carbonyl (C=O) groups is 1. The molecule has 0 aliphatic heterocycles. The number of methoxy groups -OCH3 is 1. The van der Waals surface area contributed by atoms with E-state index in [9.17, 15) is 4.79 Å². The number of pyridine rings is 1. The van der Waals surface area contributed by atoms with E-state index in [4.69, 9.17) is 16.3 Å². The SMILES string of the molecule is COc1ccc(Cl)cc1-c1ncc(-c2ccc(CC(=O)c3cscn3)nc2)[nH]1. The van der Waals surface area contributed by atoms with Crippen molar-refractivity contribution in [3.05, 3.63) is 70.0 Å². The number of ketones is 1. The number of aromatic nitrogens is 4. The first-order valence-corrected chi connectivity index (χ1v) is 9.71. The van der Waals surface area contributed by atoms with Gasteiger partial charge in [-0.25, -0.2) is 9.97 Å². The molecule has 0 bridgehead atoms. The van der Waals surface area contributed by atoms with Crippen molar-refractivity contribution in [1.29, 1.82) is 0 Å². The molecule has 6 nitrogen and oxygen atoms in total. The highest BCUT2D eigenvalue weighted by Crippen LogP contribution is 2.31. The Bertz CT molecular complexity index is 1110. The van der Waals surface area contributed by atoms with E-state index in [2.05, 4.69) is 19.9 Å². The number of benzene rings is 1. The third-order valence-corrected chi connectivity index (χ3v) is 5.01. The summed E-state index contributed by atoms with van der Waals surface area (Å²) in [6, 6.07) is 9.11. The van der Waals surface area contributed by atoms with Crippen LogP contribution in [0.4, 0.5) is 0 Å². The molecular formula is C20H15ClN4O2S.